The number of carboxylic acids is 1. The maximum atomic E-state index is 12.8. The Hall–Kier alpha value is -1.47. The van der Waals surface area contributed by atoms with Crippen molar-refractivity contribution >= 4 is 16.0 Å². The third kappa shape index (κ3) is 2.99. The number of hydrogen-bond donors (Lipinski definition) is 1. The topological polar surface area (TPSA) is 74.7 Å². The summed E-state index contributed by atoms with van der Waals surface area (Å²) >= 11 is 0. The van der Waals surface area contributed by atoms with Crippen molar-refractivity contribution in [1.29, 1.82) is 0 Å². The Kier molecular flexibility index (Phi) is 4.10. The highest BCUT2D eigenvalue weighted by Crippen LogP contribution is 2.28. The number of benzene rings is 1. The van der Waals surface area contributed by atoms with Crippen molar-refractivity contribution in [2.75, 3.05) is 6.54 Å². The maximum absolute atomic E-state index is 12.8. The molecule has 5 nitrogen and oxygen atoms in total. The molecule has 2 atom stereocenters. The van der Waals surface area contributed by atoms with Crippen LogP contribution in [0.25, 0.3) is 0 Å². The van der Waals surface area contributed by atoms with Crippen molar-refractivity contribution in [3.8, 4) is 0 Å². The predicted molar refractivity (Wildman–Crippen MR) is 70.9 cm³/mol. The Labute approximate surface area is 117 Å². The zero-order valence-electron chi connectivity index (χ0n) is 11.0. The van der Waals surface area contributed by atoms with Crippen molar-refractivity contribution in [2.24, 2.45) is 5.92 Å². The largest absolute Gasteiger partial charge is 0.480 e. The van der Waals surface area contributed by atoms with E-state index >= 15 is 0 Å². The van der Waals surface area contributed by atoms with E-state index < -0.39 is 27.9 Å². The van der Waals surface area contributed by atoms with Crippen LogP contribution in [0.3, 0.4) is 0 Å². The van der Waals surface area contributed by atoms with Crippen LogP contribution in [0.15, 0.2) is 24.3 Å². The second kappa shape index (κ2) is 5.49. The molecule has 0 aromatic heterocycles. The van der Waals surface area contributed by atoms with Gasteiger partial charge in [-0.15, -0.1) is 0 Å². The summed E-state index contributed by atoms with van der Waals surface area (Å²) in [6.45, 7) is 1.94. The molecule has 0 aliphatic carbocycles. The first-order chi connectivity index (χ1) is 9.31. The summed E-state index contributed by atoms with van der Waals surface area (Å²) in [7, 11) is -3.72. The first-order valence-corrected chi connectivity index (χ1v) is 7.89. The van der Waals surface area contributed by atoms with Gasteiger partial charge in [0.15, 0.2) is 0 Å². The minimum absolute atomic E-state index is 0.210. The number of halogens is 1. The van der Waals surface area contributed by atoms with Gasteiger partial charge in [-0.3, -0.25) is 4.79 Å². The van der Waals surface area contributed by atoms with Gasteiger partial charge in [0.1, 0.15) is 11.9 Å². The molecule has 0 spiro atoms. The standard InChI is InChI=1S/C13H16FNO4S/c1-9-6-7-15(12(9)13(16)17)20(18,19)8-10-2-4-11(14)5-3-10/h2-5,9,12H,6-8H2,1H3,(H,16,17). The van der Waals surface area contributed by atoms with E-state index in [1.807, 2.05) is 0 Å². The molecule has 0 bridgehead atoms. The van der Waals surface area contributed by atoms with Crippen molar-refractivity contribution in [1.82, 2.24) is 4.31 Å². The lowest BCUT2D eigenvalue weighted by Crippen LogP contribution is -2.43. The number of carbonyl (C=O) groups is 1. The van der Waals surface area contributed by atoms with Gasteiger partial charge in [0.2, 0.25) is 10.0 Å². The Balaban J connectivity index is 2.22. The number of nitrogens with zero attached hydrogens (tertiary/aromatic N) is 1. The van der Waals surface area contributed by atoms with Crippen LogP contribution in [-0.4, -0.2) is 36.4 Å². The third-order valence-electron chi connectivity index (χ3n) is 3.53. The molecule has 1 aromatic carbocycles. The van der Waals surface area contributed by atoms with Gasteiger partial charge in [-0.2, -0.15) is 4.31 Å². The SMILES string of the molecule is CC1CCN(S(=O)(=O)Cc2ccc(F)cc2)C1C(=O)O. The fraction of sp³-hybridized carbons (Fsp3) is 0.462. The van der Waals surface area contributed by atoms with E-state index in [0.29, 0.717) is 12.0 Å². The lowest BCUT2D eigenvalue weighted by Gasteiger charge is -2.22. The normalized spacial score (nSPS) is 23.9. The molecule has 2 rings (SSSR count). The highest BCUT2D eigenvalue weighted by molar-refractivity contribution is 7.88. The third-order valence-corrected chi connectivity index (χ3v) is 5.35. The van der Waals surface area contributed by atoms with Gasteiger partial charge in [0.05, 0.1) is 5.75 Å². The van der Waals surface area contributed by atoms with Crippen molar-refractivity contribution in [3.05, 3.63) is 35.6 Å². The fourth-order valence-electron chi connectivity index (χ4n) is 2.46. The summed E-state index contributed by atoms with van der Waals surface area (Å²) in [5.41, 5.74) is 0.440. The minimum Gasteiger partial charge on any atom is -0.480 e. The average Bonchev–Trinajstić information content (AvgIpc) is 2.75. The van der Waals surface area contributed by atoms with E-state index in [2.05, 4.69) is 0 Å². The Morgan fingerprint density at radius 1 is 1.40 bits per heavy atom. The summed E-state index contributed by atoms with van der Waals surface area (Å²) < 4.78 is 38.5. The second-order valence-corrected chi connectivity index (χ2v) is 6.96. The van der Waals surface area contributed by atoms with Crippen LogP contribution in [0.1, 0.15) is 18.9 Å². The molecule has 2 unspecified atom stereocenters. The molecule has 1 N–H and O–H groups in total. The van der Waals surface area contributed by atoms with Gasteiger partial charge in [-0.1, -0.05) is 19.1 Å². The van der Waals surface area contributed by atoms with Gasteiger partial charge in [-0.25, -0.2) is 12.8 Å². The van der Waals surface area contributed by atoms with E-state index in [1.165, 1.54) is 24.3 Å². The molecule has 7 heteroatoms. The van der Waals surface area contributed by atoms with E-state index in [1.54, 1.807) is 6.92 Å². The van der Waals surface area contributed by atoms with Crippen LogP contribution < -0.4 is 0 Å². The second-order valence-electron chi connectivity index (χ2n) is 5.04. The molecular weight excluding hydrogens is 285 g/mol. The van der Waals surface area contributed by atoms with Gasteiger partial charge < -0.3 is 5.11 Å². The number of aliphatic carboxylic acids is 1. The van der Waals surface area contributed by atoms with E-state index in [9.17, 15) is 17.6 Å². The van der Waals surface area contributed by atoms with Crippen LogP contribution in [0.2, 0.25) is 0 Å². The lowest BCUT2D eigenvalue weighted by molar-refractivity contribution is -0.141. The molecule has 1 aliphatic rings. The van der Waals surface area contributed by atoms with Crippen molar-refractivity contribution in [3.63, 3.8) is 0 Å². The minimum atomic E-state index is -3.72. The van der Waals surface area contributed by atoms with Gasteiger partial charge in [-0.05, 0) is 30.0 Å². The number of carboxylic acid groups (broad SMARTS) is 1. The van der Waals surface area contributed by atoms with E-state index in [-0.39, 0.29) is 18.2 Å². The molecule has 0 saturated carbocycles. The highest BCUT2D eigenvalue weighted by atomic mass is 32.2. The first-order valence-electron chi connectivity index (χ1n) is 6.28. The summed E-state index contributed by atoms with van der Waals surface area (Å²) in [4.78, 5) is 11.2. The van der Waals surface area contributed by atoms with E-state index in [0.717, 1.165) is 4.31 Å². The summed E-state index contributed by atoms with van der Waals surface area (Å²) in [5.74, 6) is -2.10. The average molecular weight is 301 g/mol. The van der Waals surface area contributed by atoms with Crippen LogP contribution in [0, 0.1) is 11.7 Å². The Morgan fingerprint density at radius 3 is 2.55 bits per heavy atom. The zero-order valence-corrected chi connectivity index (χ0v) is 11.8. The number of sulfonamides is 1. The molecule has 1 aliphatic heterocycles. The quantitative estimate of drug-likeness (QED) is 0.913. The highest BCUT2D eigenvalue weighted by Gasteiger charge is 2.43. The molecule has 20 heavy (non-hydrogen) atoms. The van der Waals surface area contributed by atoms with Gasteiger partial charge in [0, 0.05) is 6.54 Å². The van der Waals surface area contributed by atoms with Crippen LogP contribution >= 0.6 is 0 Å². The van der Waals surface area contributed by atoms with Gasteiger partial charge >= 0.3 is 5.97 Å². The maximum Gasteiger partial charge on any atom is 0.322 e. The van der Waals surface area contributed by atoms with Gasteiger partial charge in [0.25, 0.3) is 0 Å². The van der Waals surface area contributed by atoms with Crippen LogP contribution in [0.4, 0.5) is 4.39 Å². The molecule has 0 radical (unpaired) electrons. The monoisotopic (exact) mass is 301 g/mol. The van der Waals surface area contributed by atoms with Crippen LogP contribution in [0.5, 0.6) is 0 Å². The van der Waals surface area contributed by atoms with Crippen molar-refractivity contribution in [2.45, 2.75) is 25.1 Å². The molecule has 1 fully saturated rings. The molecule has 1 aromatic rings. The number of rotatable bonds is 4. The predicted octanol–water partition coefficient (Wildman–Crippen LogP) is 1.45. The first kappa shape index (κ1) is 14.9. The summed E-state index contributed by atoms with van der Waals surface area (Å²) in [6, 6.07) is 4.14. The number of hydrogen-bond acceptors (Lipinski definition) is 3. The summed E-state index contributed by atoms with van der Waals surface area (Å²) in [6.07, 6.45) is 0.527. The molecule has 1 saturated heterocycles. The van der Waals surface area contributed by atoms with Crippen molar-refractivity contribution < 1.29 is 22.7 Å². The Bertz CT molecular complexity index is 599. The zero-order chi connectivity index (χ0) is 14.9. The van der Waals surface area contributed by atoms with E-state index in [4.69, 9.17) is 5.11 Å². The molecular formula is C13H16FNO4S. The molecule has 110 valence electrons. The smallest absolute Gasteiger partial charge is 0.322 e. The summed E-state index contributed by atoms with van der Waals surface area (Å²) in [5, 5.41) is 9.16. The lowest BCUT2D eigenvalue weighted by atomic mass is 10.0. The molecule has 1 heterocycles. The van der Waals surface area contributed by atoms with Crippen LogP contribution in [-0.2, 0) is 20.6 Å². The molecule has 0 amide bonds. The Morgan fingerprint density at radius 2 is 2.00 bits per heavy atom. The fourth-order valence-corrected chi connectivity index (χ4v) is 4.27.